The number of Topliss-reactive ketones (excluding diaryl/α,β-unsaturated/α-hetero) is 1. The maximum atomic E-state index is 11.8. The van der Waals surface area contributed by atoms with Crippen molar-refractivity contribution in [1.82, 2.24) is 0 Å². The SMILES string of the molecule is CC(=O)CC/C=C/c1ccc2c(c1)C(C)(C)C(=O)N2. The number of anilines is 1. The summed E-state index contributed by atoms with van der Waals surface area (Å²) in [5.41, 5.74) is 2.52. The van der Waals surface area contributed by atoms with Gasteiger partial charge in [0.1, 0.15) is 5.78 Å². The first-order chi connectivity index (χ1) is 8.91. The van der Waals surface area contributed by atoms with Crippen molar-refractivity contribution >= 4 is 23.5 Å². The van der Waals surface area contributed by atoms with Crippen molar-refractivity contribution < 1.29 is 9.59 Å². The Hall–Kier alpha value is -1.90. The van der Waals surface area contributed by atoms with Gasteiger partial charge in [0, 0.05) is 12.1 Å². The number of benzene rings is 1. The monoisotopic (exact) mass is 257 g/mol. The number of hydrogen-bond donors (Lipinski definition) is 1. The highest BCUT2D eigenvalue weighted by Gasteiger charge is 2.38. The van der Waals surface area contributed by atoms with Crippen LogP contribution in [-0.4, -0.2) is 11.7 Å². The molecule has 0 radical (unpaired) electrons. The first-order valence-corrected chi connectivity index (χ1v) is 6.53. The van der Waals surface area contributed by atoms with Crippen molar-refractivity contribution in [2.45, 2.75) is 39.0 Å². The molecule has 1 aliphatic rings. The van der Waals surface area contributed by atoms with Gasteiger partial charge in [-0.05, 0) is 50.5 Å². The smallest absolute Gasteiger partial charge is 0.234 e. The van der Waals surface area contributed by atoms with E-state index in [9.17, 15) is 9.59 Å². The largest absolute Gasteiger partial charge is 0.325 e. The average molecular weight is 257 g/mol. The molecule has 0 atom stereocenters. The Balaban J connectivity index is 2.16. The van der Waals surface area contributed by atoms with Crippen LogP contribution in [0.5, 0.6) is 0 Å². The van der Waals surface area contributed by atoms with Crippen molar-refractivity contribution in [3.63, 3.8) is 0 Å². The molecule has 19 heavy (non-hydrogen) atoms. The third kappa shape index (κ3) is 2.75. The van der Waals surface area contributed by atoms with Crippen LogP contribution in [0.3, 0.4) is 0 Å². The fourth-order valence-corrected chi connectivity index (χ4v) is 2.20. The number of amides is 1. The van der Waals surface area contributed by atoms with Crippen LogP contribution in [0.2, 0.25) is 0 Å². The minimum Gasteiger partial charge on any atom is -0.325 e. The Morgan fingerprint density at radius 1 is 1.37 bits per heavy atom. The van der Waals surface area contributed by atoms with Gasteiger partial charge in [-0.1, -0.05) is 18.2 Å². The molecule has 0 bridgehead atoms. The van der Waals surface area contributed by atoms with E-state index < -0.39 is 5.41 Å². The minimum absolute atomic E-state index is 0.0419. The van der Waals surface area contributed by atoms with Gasteiger partial charge in [-0.15, -0.1) is 0 Å². The van der Waals surface area contributed by atoms with Crippen LogP contribution in [0.15, 0.2) is 24.3 Å². The van der Waals surface area contributed by atoms with Crippen LogP contribution in [0.4, 0.5) is 5.69 Å². The fourth-order valence-electron chi connectivity index (χ4n) is 2.20. The van der Waals surface area contributed by atoms with Crippen LogP contribution in [0.25, 0.3) is 6.08 Å². The standard InChI is InChI=1S/C16H19NO2/c1-11(18)6-4-5-7-12-8-9-14-13(10-12)16(2,3)15(19)17-14/h5,7-10H,4,6H2,1-3H3,(H,17,19)/b7-5+. The van der Waals surface area contributed by atoms with Crippen molar-refractivity contribution in [2.75, 3.05) is 5.32 Å². The summed E-state index contributed by atoms with van der Waals surface area (Å²) < 4.78 is 0. The number of allylic oxidation sites excluding steroid dienone is 1. The lowest BCUT2D eigenvalue weighted by Gasteiger charge is -2.15. The summed E-state index contributed by atoms with van der Waals surface area (Å²) in [6.07, 6.45) is 5.34. The quantitative estimate of drug-likeness (QED) is 0.899. The predicted molar refractivity (Wildman–Crippen MR) is 77.0 cm³/mol. The van der Waals surface area contributed by atoms with Gasteiger partial charge < -0.3 is 10.1 Å². The van der Waals surface area contributed by atoms with E-state index in [4.69, 9.17) is 0 Å². The topological polar surface area (TPSA) is 46.2 Å². The van der Waals surface area contributed by atoms with E-state index in [1.54, 1.807) is 6.92 Å². The summed E-state index contributed by atoms with van der Waals surface area (Å²) in [4.78, 5) is 22.7. The Morgan fingerprint density at radius 2 is 2.11 bits per heavy atom. The van der Waals surface area contributed by atoms with E-state index in [1.807, 2.05) is 44.2 Å². The number of nitrogens with one attached hydrogen (secondary N) is 1. The van der Waals surface area contributed by atoms with E-state index in [0.717, 1.165) is 23.2 Å². The first kappa shape index (κ1) is 13.5. The normalized spacial score (nSPS) is 16.5. The second-order valence-electron chi connectivity index (χ2n) is 5.53. The summed E-state index contributed by atoms with van der Waals surface area (Å²) in [7, 11) is 0. The maximum Gasteiger partial charge on any atom is 0.234 e. The summed E-state index contributed by atoms with van der Waals surface area (Å²) in [5, 5.41) is 2.89. The van der Waals surface area contributed by atoms with E-state index in [2.05, 4.69) is 5.32 Å². The van der Waals surface area contributed by atoms with Gasteiger partial charge in [-0.3, -0.25) is 4.79 Å². The van der Waals surface area contributed by atoms with Gasteiger partial charge in [-0.25, -0.2) is 0 Å². The molecule has 3 nitrogen and oxygen atoms in total. The van der Waals surface area contributed by atoms with Crippen LogP contribution in [-0.2, 0) is 15.0 Å². The molecule has 0 unspecified atom stereocenters. The summed E-state index contributed by atoms with van der Waals surface area (Å²) in [5.74, 6) is 0.245. The highest BCUT2D eigenvalue weighted by molar-refractivity contribution is 6.05. The number of carbonyl (C=O) groups excluding carboxylic acids is 2. The lowest BCUT2D eigenvalue weighted by molar-refractivity contribution is -0.119. The van der Waals surface area contributed by atoms with Gasteiger partial charge >= 0.3 is 0 Å². The number of fused-ring (bicyclic) bond motifs is 1. The lowest BCUT2D eigenvalue weighted by Crippen LogP contribution is -2.26. The van der Waals surface area contributed by atoms with E-state index in [-0.39, 0.29) is 11.7 Å². The number of rotatable bonds is 4. The average Bonchev–Trinajstić information content (AvgIpc) is 2.56. The van der Waals surface area contributed by atoms with Gasteiger partial charge in [-0.2, -0.15) is 0 Å². The second-order valence-corrected chi connectivity index (χ2v) is 5.53. The third-order valence-electron chi connectivity index (χ3n) is 3.51. The van der Waals surface area contributed by atoms with Crippen LogP contribution >= 0.6 is 0 Å². The summed E-state index contributed by atoms with van der Waals surface area (Å²) in [6.45, 7) is 5.46. The number of carbonyl (C=O) groups is 2. The van der Waals surface area contributed by atoms with E-state index in [0.29, 0.717) is 6.42 Å². The van der Waals surface area contributed by atoms with Crippen molar-refractivity contribution in [2.24, 2.45) is 0 Å². The highest BCUT2D eigenvalue weighted by atomic mass is 16.2. The van der Waals surface area contributed by atoms with Gasteiger partial charge in [0.15, 0.2) is 0 Å². The summed E-state index contributed by atoms with van der Waals surface area (Å²) in [6, 6.07) is 5.95. The molecule has 1 aromatic rings. The zero-order chi connectivity index (χ0) is 14.0. The number of hydrogen-bond acceptors (Lipinski definition) is 2. The Morgan fingerprint density at radius 3 is 2.79 bits per heavy atom. The molecule has 1 amide bonds. The van der Waals surface area contributed by atoms with Crippen molar-refractivity contribution in [3.8, 4) is 0 Å². The molecule has 0 saturated heterocycles. The molecule has 3 heteroatoms. The van der Waals surface area contributed by atoms with Crippen LogP contribution in [0.1, 0.15) is 44.7 Å². The van der Waals surface area contributed by atoms with Gasteiger partial charge in [0.25, 0.3) is 0 Å². The van der Waals surface area contributed by atoms with E-state index >= 15 is 0 Å². The molecular formula is C16H19NO2. The van der Waals surface area contributed by atoms with Crippen LogP contribution in [0, 0.1) is 0 Å². The molecule has 1 aliphatic heterocycles. The number of ketones is 1. The van der Waals surface area contributed by atoms with Crippen LogP contribution < -0.4 is 5.32 Å². The first-order valence-electron chi connectivity index (χ1n) is 6.53. The zero-order valence-electron chi connectivity index (χ0n) is 11.6. The molecule has 0 spiro atoms. The minimum atomic E-state index is -0.474. The maximum absolute atomic E-state index is 11.8. The molecule has 1 N–H and O–H groups in total. The van der Waals surface area contributed by atoms with E-state index in [1.165, 1.54) is 0 Å². The Bertz CT molecular complexity index is 556. The molecule has 1 aromatic carbocycles. The fraction of sp³-hybridized carbons (Fsp3) is 0.375. The van der Waals surface area contributed by atoms with Crippen molar-refractivity contribution in [1.29, 1.82) is 0 Å². The lowest BCUT2D eigenvalue weighted by atomic mass is 9.85. The molecule has 1 heterocycles. The van der Waals surface area contributed by atoms with Gasteiger partial charge in [0.05, 0.1) is 5.41 Å². The Kier molecular flexibility index (Phi) is 3.56. The molecule has 100 valence electrons. The van der Waals surface area contributed by atoms with Crippen molar-refractivity contribution in [3.05, 3.63) is 35.4 Å². The second kappa shape index (κ2) is 5.00. The predicted octanol–water partition coefficient (Wildman–Crippen LogP) is 3.30. The molecule has 0 saturated carbocycles. The van der Waals surface area contributed by atoms with Gasteiger partial charge in [0.2, 0.25) is 5.91 Å². The highest BCUT2D eigenvalue weighted by Crippen LogP contribution is 2.37. The zero-order valence-corrected chi connectivity index (χ0v) is 11.6. The molecular weight excluding hydrogens is 238 g/mol. The Labute approximate surface area is 113 Å². The summed E-state index contributed by atoms with van der Waals surface area (Å²) >= 11 is 0. The molecule has 2 rings (SSSR count). The molecule has 0 aromatic heterocycles. The molecule has 0 fully saturated rings. The third-order valence-corrected chi connectivity index (χ3v) is 3.51. The molecule has 0 aliphatic carbocycles.